The van der Waals surface area contributed by atoms with Crippen molar-refractivity contribution in [1.82, 2.24) is 10.2 Å². The Hall–Kier alpha value is -3.24. The highest BCUT2D eigenvalue weighted by Crippen LogP contribution is 2.37. The lowest BCUT2D eigenvalue weighted by Gasteiger charge is -2.32. The molecule has 216 valence electrons. The number of rotatable bonds is 11. The summed E-state index contributed by atoms with van der Waals surface area (Å²) < 4.78 is 62.9. The van der Waals surface area contributed by atoms with Crippen LogP contribution in [0.5, 0.6) is 5.75 Å². The molecule has 41 heavy (non-hydrogen) atoms. The molecule has 4 rings (SSSR count). The average Bonchev–Trinajstić information content (AvgIpc) is 2.96. The molecule has 0 radical (unpaired) electrons. The van der Waals surface area contributed by atoms with E-state index < -0.39 is 26.7 Å². The molecule has 1 amide bonds. The van der Waals surface area contributed by atoms with Gasteiger partial charge in [0.05, 0.1) is 17.5 Å². The lowest BCUT2D eigenvalue weighted by Crippen LogP contribution is -2.51. The van der Waals surface area contributed by atoms with Crippen LogP contribution in [0.2, 0.25) is 10.0 Å². The third-order valence-electron chi connectivity index (χ3n) is 6.57. The molecule has 0 aliphatic heterocycles. The smallest absolute Gasteiger partial charge is 0.253 e. The SMILES string of the molecule is CN(CCCOc1ccccc1CNC1C=C(F)C=CC1(F)S(=O)(=O)c1ccc(Cl)cc1)C(=O)c1ccc(Cl)cc1. The minimum absolute atomic E-state index is 0.00474. The zero-order valence-electron chi connectivity index (χ0n) is 22.1. The van der Waals surface area contributed by atoms with E-state index in [1.807, 2.05) is 0 Å². The van der Waals surface area contributed by atoms with E-state index in [1.165, 1.54) is 24.3 Å². The van der Waals surface area contributed by atoms with Crippen LogP contribution in [-0.2, 0) is 16.4 Å². The van der Waals surface area contributed by atoms with E-state index in [9.17, 15) is 17.6 Å². The first-order valence-corrected chi connectivity index (χ1v) is 15.0. The lowest BCUT2D eigenvalue weighted by atomic mass is 10.0. The quantitative estimate of drug-likeness (QED) is 0.246. The van der Waals surface area contributed by atoms with Crippen molar-refractivity contribution < 1.29 is 26.7 Å². The van der Waals surface area contributed by atoms with Gasteiger partial charge >= 0.3 is 0 Å². The van der Waals surface area contributed by atoms with Gasteiger partial charge in [-0.1, -0.05) is 41.4 Å². The Morgan fingerprint density at radius 3 is 2.34 bits per heavy atom. The number of para-hydroxylation sites is 1. The number of halogens is 4. The predicted octanol–water partition coefficient (Wildman–Crippen LogP) is 6.56. The molecule has 6 nitrogen and oxygen atoms in total. The Morgan fingerprint density at radius 1 is 1.02 bits per heavy atom. The van der Waals surface area contributed by atoms with Gasteiger partial charge in [-0.3, -0.25) is 4.79 Å². The number of benzene rings is 3. The largest absolute Gasteiger partial charge is 0.493 e. The first kappa shape index (κ1) is 30.7. The number of allylic oxidation sites excluding steroid dienone is 2. The zero-order valence-corrected chi connectivity index (χ0v) is 24.4. The van der Waals surface area contributed by atoms with Gasteiger partial charge in [-0.05, 0) is 79.2 Å². The number of amides is 1. The van der Waals surface area contributed by atoms with Crippen molar-refractivity contribution in [2.24, 2.45) is 0 Å². The minimum Gasteiger partial charge on any atom is -0.493 e. The molecule has 2 unspecified atom stereocenters. The van der Waals surface area contributed by atoms with Gasteiger partial charge in [-0.2, -0.15) is 0 Å². The molecule has 11 heteroatoms. The van der Waals surface area contributed by atoms with E-state index in [0.717, 1.165) is 12.2 Å². The van der Waals surface area contributed by atoms with Crippen LogP contribution in [-0.4, -0.2) is 50.5 Å². The fraction of sp³-hybridized carbons (Fsp3) is 0.233. The number of hydrogen-bond donors (Lipinski definition) is 1. The van der Waals surface area contributed by atoms with Crippen molar-refractivity contribution in [2.45, 2.75) is 28.9 Å². The summed E-state index contributed by atoms with van der Waals surface area (Å²) in [5, 5.41) is 0.739. The highest BCUT2D eigenvalue weighted by Gasteiger charge is 2.50. The molecule has 0 aromatic heterocycles. The van der Waals surface area contributed by atoms with Crippen LogP contribution in [0.25, 0.3) is 0 Å². The molecular weight excluding hydrogens is 593 g/mol. The first-order valence-electron chi connectivity index (χ1n) is 12.7. The van der Waals surface area contributed by atoms with Crippen molar-refractivity contribution in [3.05, 3.63) is 118 Å². The van der Waals surface area contributed by atoms with Gasteiger partial charge in [0.1, 0.15) is 11.6 Å². The summed E-state index contributed by atoms with van der Waals surface area (Å²) in [6, 6.07) is 17.2. The molecule has 3 aromatic carbocycles. The van der Waals surface area contributed by atoms with Gasteiger partial charge in [-0.15, -0.1) is 0 Å². The number of sulfone groups is 1. The monoisotopic (exact) mass is 620 g/mol. The fourth-order valence-corrected chi connectivity index (χ4v) is 6.12. The van der Waals surface area contributed by atoms with Crippen molar-refractivity contribution >= 4 is 38.9 Å². The molecule has 0 saturated carbocycles. The molecule has 2 atom stereocenters. The highest BCUT2D eigenvalue weighted by molar-refractivity contribution is 7.93. The predicted molar refractivity (Wildman–Crippen MR) is 156 cm³/mol. The summed E-state index contributed by atoms with van der Waals surface area (Å²) in [5.41, 5.74) is 1.15. The van der Waals surface area contributed by atoms with Crippen LogP contribution < -0.4 is 10.1 Å². The molecule has 0 fully saturated rings. The second kappa shape index (κ2) is 13.2. The van der Waals surface area contributed by atoms with E-state index in [1.54, 1.807) is 60.5 Å². The number of nitrogens with zero attached hydrogens (tertiary/aromatic N) is 1. The van der Waals surface area contributed by atoms with E-state index in [-0.39, 0.29) is 24.0 Å². The van der Waals surface area contributed by atoms with Crippen molar-refractivity contribution in [3.63, 3.8) is 0 Å². The topological polar surface area (TPSA) is 75.7 Å². The van der Waals surface area contributed by atoms with Crippen LogP contribution in [0.1, 0.15) is 22.3 Å². The molecule has 0 saturated heterocycles. The summed E-state index contributed by atoms with van der Waals surface area (Å²) in [4.78, 5) is 13.9. The second-order valence-corrected chi connectivity index (χ2v) is 12.4. The van der Waals surface area contributed by atoms with Crippen LogP contribution >= 0.6 is 23.2 Å². The van der Waals surface area contributed by atoms with E-state index in [4.69, 9.17) is 27.9 Å². The lowest BCUT2D eigenvalue weighted by molar-refractivity contribution is 0.0787. The fourth-order valence-electron chi connectivity index (χ4n) is 4.28. The molecule has 1 aliphatic carbocycles. The third kappa shape index (κ3) is 7.16. The number of alkyl halides is 1. The Labute approximate surface area is 248 Å². The van der Waals surface area contributed by atoms with Gasteiger partial charge in [0.25, 0.3) is 10.9 Å². The zero-order chi connectivity index (χ0) is 29.6. The molecule has 0 bridgehead atoms. The van der Waals surface area contributed by atoms with E-state index >= 15 is 4.39 Å². The highest BCUT2D eigenvalue weighted by atomic mass is 35.5. The normalized spacial score (nSPS) is 18.6. The Balaban J connectivity index is 1.39. The third-order valence-corrected chi connectivity index (χ3v) is 9.18. The maximum Gasteiger partial charge on any atom is 0.253 e. The molecule has 0 heterocycles. The maximum atomic E-state index is 16.3. The second-order valence-electron chi connectivity index (χ2n) is 9.44. The van der Waals surface area contributed by atoms with E-state index in [0.29, 0.717) is 46.0 Å². The van der Waals surface area contributed by atoms with Crippen molar-refractivity contribution in [2.75, 3.05) is 20.2 Å². The number of carbonyl (C=O) groups is 1. The van der Waals surface area contributed by atoms with Gasteiger partial charge in [-0.25, -0.2) is 17.2 Å². The summed E-state index contributed by atoms with van der Waals surface area (Å²) in [7, 11) is -2.88. The Kier molecular flexibility index (Phi) is 9.86. The first-order chi connectivity index (χ1) is 19.5. The average molecular weight is 622 g/mol. The van der Waals surface area contributed by atoms with Gasteiger partial charge in [0, 0.05) is 41.3 Å². The minimum atomic E-state index is -4.58. The van der Waals surface area contributed by atoms with Gasteiger partial charge < -0.3 is 15.0 Å². The number of ether oxygens (including phenoxy) is 1. The van der Waals surface area contributed by atoms with Crippen LogP contribution in [0.15, 0.2) is 102 Å². The molecule has 1 N–H and O–H groups in total. The van der Waals surface area contributed by atoms with Crippen molar-refractivity contribution in [1.29, 1.82) is 0 Å². The van der Waals surface area contributed by atoms with Crippen LogP contribution in [0.4, 0.5) is 8.78 Å². The van der Waals surface area contributed by atoms with Gasteiger partial charge in [0.15, 0.2) is 0 Å². The molecule has 3 aromatic rings. The standard InChI is InChI=1S/C30H28Cl2F2N2O4S/c1-36(29(37)21-7-9-23(31)10-8-21)17-4-18-40-27-6-3-2-5-22(27)20-35-28-19-25(33)15-16-30(28,34)41(38,39)26-13-11-24(32)12-14-26/h2-3,5-16,19,28,35H,4,17-18,20H2,1H3. The van der Waals surface area contributed by atoms with E-state index in [2.05, 4.69) is 5.32 Å². The summed E-state index contributed by atoms with van der Waals surface area (Å²) in [6.45, 7) is 0.719. The Bertz CT molecular complexity index is 1550. The molecule has 0 spiro atoms. The summed E-state index contributed by atoms with van der Waals surface area (Å²) in [6.07, 6.45) is 2.96. The molecular formula is C30H28Cl2F2N2O4S. The van der Waals surface area contributed by atoms with Crippen LogP contribution in [0.3, 0.4) is 0 Å². The maximum absolute atomic E-state index is 16.3. The summed E-state index contributed by atoms with van der Waals surface area (Å²) in [5.74, 6) is -0.410. The van der Waals surface area contributed by atoms with Crippen LogP contribution in [0, 0.1) is 0 Å². The number of nitrogens with one attached hydrogen (secondary N) is 1. The van der Waals surface area contributed by atoms with Crippen molar-refractivity contribution in [3.8, 4) is 5.75 Å². The number of carbonyl (C=O) groups excluding carboxylic acids is 1. The number of hydrogen-bond acceptors (Lipinski definition) is 5. The summed E-state index contributed by atoms with van der Waals surface area (Å²) >= 11 is 11.7. The molecule has 1 aliphatic rings. The van der Waals surface area contributed by atoms with Gasteiger partial charge in [0.2, 0.25) is 9.84 Å². The Morgan fingerprint density at radius 2 is 1.66 bits per heavy atom.